The van der Waals surface area contributed by atoms with E-state index in [9.17, 15) is 4.79 Å². The molecule has 0 spiro atoms. The summed E-state index contributed by atoms with van der Waals surface area (Å²) in [5, 5.41) is 0. The fourth-order valence-electron chi connectivity index (χ4n) is 3.75. The third-order valence-corrected chi connectivity index (χ3v) is 5.32. The van der Waals surface area contributed by atoms with Crippen LogP contribution in [-0.2, 0) is 19.0 Å². The van der Waals surface area contributed by atoms with Crippen LogP contribution in [0.3, 0.4) is 0 Å². The van der Waals surface area contributed by atoms with Gasteiger partial charge in [0.1, 0.15) is 6.10 Å². The Hall–Kier alpha value is -0.690. The first-order chi connectivity index (χ1) is 11.7. The van der Waals surface area contributed by atoms with E-state index < -0.39 is 0 Å². The number of carbonyl (C=O) groups is 1. The van der Waals surface area contributed by atoms with Gasteiger partial charge in [0, 0.05) is 45.9 Å². The molecule has 0 saturated carbocycles. The van der Waals surface area contributed by atoms with Crippen molar-refractivity contribution in [3.05, 3.63) is 0 Å². The maximum Gasteiger partial charge on any atom is 0.251 e. The third kappa shape index (κ3) is 5.15. The molecule has 3 rings (SSSR count). The van der Waals surface area contributed by atoms with E-state index in [1.165, 1.54) is 19.3 Å². The van der Waals surface area contributed by atoms with Gasteiger partial charge in [0.25, 0.3) is 5.91 Å². The van der Waals surface area contributed by atoms with Gasteiger partial charge >= 0.3 is 0 Å². The Bertz CT molecular complexity index is 386. The summed E-state index contributed by atoms with van der Waals surface area (Å²) in [4.78, 5) is 16.9. The Morgan fingerprint density at radius 3 is 2.42 bits per heavy atom. The van der Waals surface area contributed by atoms with E-state index in [-0.39, 0.29) is 18.1 Å². The molecule has 3 fully saturated rings. The summed E-state index contributed by atoms with van der Waals surface area (Å²) in [6.07, 6.45) is 5.92. The highest BCUT2D eigenvalue weighted by atomic mass is 16.5. The van der Waals surface area contributed by atoms with E-state index in [0.717, 1.165) is 58.8 Å². The molecule has 3 aliphatic rings. The van der Waals surface area contributed by atoms with Crippen LogP contribution in [0.25, 0.3) is 0 Å². The molecule has 0 aromatic rings. The zero-order valence-corrected chi connectivity index (χ0v) is 15.0. The van der Waals surface area contributed by atoms with Crippen LogP contribution in [0, 0.1) is 0 Å². The molecule has 0 radical (unpaired) electrons. The molecule has 0 aliphatic carbocycles. The Morgan fingerprint density at radius 1 is 1.04 bits per heavy atom. The van der Waals surface area contributed by atoms with Gasteiger partial charge in [-0.15, -0.1) is 0 Å². The summed E-state index contributed by atoms with van der Waals surface area (Å²) in [6.45, 7) is 8.58. The van der Waals surface area contributed by atoms with Gasteiger partial charge in [0.15, 0.2) is 0 Å². The summed E-state index contributed by atoms with van der Waals surface area (Å²) in [5.74, 6) is 0.113. The topological polar surface area (TPSA) is 51.2 Å². The van der Waals surface area contributed by atoms with Crippen LogP contribution in [-0.4, -0.2) is 86.6 Å². The van der Waals surface area contributed by atoms with Crippen LogP contribution in [0.2, 0.25) is 0 Å². The monoisotopic (exact) mass is 340 g/mol. The summed E-state index contributed by atoms with van der Waals surface area (Å²) < 4.78 is 17.1. The van der Waals surface area contributed by atoms with Gasteiger partial charge in [0.05, 0.1) is 18.8 Å². The molecule has 3 atom stereocenters. The standard InChI is InChI=1S/C18H32N2O4/c1-15(24-14-17-5-2-3-11-23-17)18(21)20-9-7-19(8-10-20)13-16-6-4-12-22-16/h15-17H,2-14H2,1H3. The summed E-state index contributed by atoms with van der Waals surface area (Å²) >= 11 is 0. The van der Waals surface area contributed by atoms with Gasteiger partial charge in [-0.25, -0.2) is 0 Å². The number of piperazine rings is 1. The van der Waals surface area contributed by atoms with Crippen molar-refractivity contribution >= 4 is 5.91 Å². The van der Waals surface area contributed by atoms with Crippen LogP contribution in [0.1, 0.15) is 39.0 Å². The molecular formula is C18H32N2O4. The summed E-state index contributed by atoms with van der Waals surface area (Å²) in [7, 11) is 0. The van der Waals surface area contributed by atoms with Crippen LogP contribution >= 0.6 is 0 Å². The van der Waals surface area contributed by atoms with Crippen molar-refractivity contribution in [3.63, 3.8) is 0 Å². The lowest BCUT2D eigenvalue weighted by atomic mass is 10.1. The molecule has 0 aromatic heterocycles. The van der Waals surface area contributed by atoms with Gasteiger partial charge in [-0.3, -0.25) is 9.69 Å². The Balaban J connectivity index is 1.34. The maximum absolute atomic E-state index is 12.5. The SMILES string of the molecule is CC(OCC1CCCCO1)C(=O)N1CCN(CC2CCCO2)CC1. The molecule has 0 aromatic carbocycles. The van der Waals surface area contributed by atoms with Gasteiger partial charge in [-0.1, -0.05) is 0 Å². The molecule has 0 bridgehead atoms. The van der Waals surface area contributed by atoms with Crippen molar-refractivity contribution in [2.45, 2.75) is 57.3 Å². The minimum Gasteiger partial charge on any atom is -0.377 e. The molecule has 3 heterocycles. The zero-order valence-electron chi connectivity index (χ0n) is 15.0. The van der Waals surface area contributed by atoms with Crippen LogP contribution in [0.4, 0.5) is 0 Å². The van der Waals surface area contributed by atoms with Gasteiger partial charge in [-0.2, -0.15) is 0 Å². The highest BCUT2D eigenvalue weighted by Crippen LogP contribution is 2.16. The van der Waals surface area contributed by atoms with Gasteiger partial charge in [0.2, 0.25) is 0 Å². The smallest absolute Gasteiger partial charge is 0.251 e. The second kappa shape index (κ2) is 9.13. The quantitative estimate of drug-likeness (QED) is 0.729. The number of nitrogens with zero attached hydrogens (tertiary/aromatic N) is 2. The number of carbonyl (C=O) groups excluding carboxylic acids is 1. The molecule has 6 nitrogen and oxygen atoms in total. The van der Waals surface area contributed by atoms with Crippen molar-refractivity contribution < 1.29 is 19.0 Å². The van der Waals surface area contributed by atoms with Crippen molar-refractivity contribution in [1.29, 1.82) is 0 Å². The molecule has 3 saturated heterocycles. The number of hydrogen-bond donors (Lipinski definition) is 0. The second-order valence-corrected chi connectivity index (χ2v) is 7.23. The first-order valence-electron chi connectivity index (χ1n) is 9.58. The first-order valence-corrected chi connectivity index (χ1v) is 9.58. The van der Waals surface area contributed by atoms with Crippen molar-refractivity contribution in [3.8, 4) is 0 Å². The van der Waals surface area contributed by atoms with Crippen LogP contribution in [0.5, 0.6) is 0 Å². The minimum absolute atomic E-state index is 0.113. The Labute approximate surface area is 145 Å². The maximum atomic E-state index is 12.5. The number of amides is 1. The lowest BCUT2D eigenvalue weighted by Crippen LogP contribution is -2.52. The van der Waals surface area contributed by atoms with Crippen LogP contribution < -0.4 is 0 Å². The normalized spacial score (nSPS) is 30.5. The fraction of sp³-hybridized carbons (Fsp3) is 0.944. The van der Waals surface area contributed by atoms with Crippen molar-refractivity contribution in [2.24, 2.45) is 0 Å². The lowest BCUT2D eigenvalue weighted by molar-refractivity contribution is -0.148. The molecule has 6 heteroatoms. The predicted molar refractivity (Wildman–Crippen MR) is 91.0 cm³/mol. The van der Waals surface area contributed by atoms with E-state index in [1.807, 2.05) is 11.8 Å². The second-order valence-electron chi connectivity index (χ2n) is 7.23. The van der Waals surface area contributed by atoms with Crippen LogP contribution in [0.15, 0.2) is 0 Å². The highest BCUT2D eigenvalue weighted by molar-refractivity contribution is 5.80. The van der Waals surface area contributed by atoms with Crippen molar-refractivity contribution in [2.75, 3.05) is 52.5 Å². The van der Waals surface area contributed by atoms with E-state index in [2.05, 4.69) is 4.90 Å². The average Bonchev–Trinajstić information content (AvgIpc) is 3.13. The zero-order chi connectivity index (χ0) is 16.8. The minimum atomic E-state index is -0.375. The van der Waals surface area contributed by atoms with Gasteiger partial charge < -0.3 is 19.1 Å². The highest BCUT2D eigenvalue weighted by Gasteiger charge is 2.28. The van der Waals surface area contributed by atoms with E-state index in [0.29, 0.717) is 12.7 Å². The van der Waals surface area contributed by atoms with E-state index in [1.54, 1.807) is 0 Å². The predicted octanol–water partition coefficient (Wildman–Crippen LogP) is 1.28. The molecule has 24 heavy (non-hydrogen) atoms. The van der Waals surface area contributed by atoms with E-state index in [4.69, 9.17) is 14.2 Å². The summed E-state index contributed by atoms with van der Waals surface area (Å²) in [6, 6.07) is 0. The number of rotatable bonds is 6. The Kier molecular flexibility index (Phi) is 6.89. The molecular weight excluding hydrogens is 308 g/mol. The third-order valence-electron chi connectivity index (χ3n) is 5.32. The molecule has 1 amide bonds. The number of hydrogen-bond acceptors (Lipinski definition) is 5. The lowest BCUT2D eigenvalue weighted by Gasteiger charge is -2.36. The summed E-state index contributed by atoms with van der Waals surface area (Å²) in [5.41, 5.74) is 0. The number of ether oxygens (including phenoxy) is 3. The Morgan fingerprint density at radius 2 is 1.75 bits per heavy atom. The van der Waals surface area contributed by atoms with E-state index >= 15 is 0 Å². The molecule has 3 unspecified atom stereocenters. The average molecular weight is 340 g/mol. The van der Waals surface area contributed by atoms with Gasteiger partial charge in [-0.05, 0) is 39.0 Å². The fourth-order valence-corrected chi connectivity index (χ4v) is 3.75. The first kappa shape index (κ1) is 18.1. The molecule has 138 valence electrons. The van der Waals surface area contributed by atoms with Crippen molar-refractivity contribution in [1.82, 2.24) is 9.80 Å². The molecule has 0 N–H and O–H groups in total. The largest absolute Gasteiger partial charge is 0.377 e. The molecule has 3 aliphatic heterocycles.